The third-order valence-electron chi connectivity index (χ3n) is 4.63. The number of hydrogen-bond acceptors (Lipinski definition) is 7. The first-order valence-corrected chi connectivity index (χ1v) is 9.85. The predicted octanol–water partition coefficient (Wildman–Crippen LogP) is 2.98. The summed E-state index contributed by atoms with van der Waals surface area (Å²) in [5.41, 5.74) is 1.77. The van der Waals surface area contributed by atoms with E-state index in [-0.39, 0.29) is 19.3 Å². The number of rotatable bonds is 6. The second kappa shape index (κ2) is 8.11. The zero-order chi connectivity index (χ0) is 21.2. The van der Waals surface area contributed by atoms with Crippen LogP contribution in [0.5, 0.6) is 17.4 Å². The Bertz CT molecular complexity index is 1280. The first-order valence-electron chi connectivity index (χ1n) is 9.47. The van der Waals surface area contributed by atoms with Crippen molar-refractivity contribution in [2.24, 2.45) is 0 Å². The molecule has 1 aliphatic rings. The lowest BCUT2D eigenvalue weighted by Gasteiger charge is -2.08. The number of amides is 1. The van der Waals surface area contributed by atoms with Gasteiger partial charge in [-0.05, 0) is 36.4 Å². The maximum Gasteiger partial charge on any atom is 0.251 e. The van der Waals surface area contributed by atoms with Gasteiger partial charge in [-0.2, -0.15) is 4.52 Å². The second-order valence-electron chi connectivity index (χ2n) is 6.62. The Labute approximate surface area is 181 Å². The lowest BCUT2D eigenvalue weighted by molar-refractivity contribution is 0.0946. The molecule has 9 nitrogen and oxygen atoms in total. The van der Waals surface area contributed by atoms with Crippen LogP contribution in [0.1, 0.15) is 10.4 Å². The molecule has 5 rings (SSSR count). The summed E-state index contributed by atoms with van der Waals surface area (Å²) in [5.74, 6) is 1.85. The van der Waals surface area contributed by atoms with E-state index in [1.807, 2.05) is 18.2 Å². The molecule has 0 aliphatic carbocycles. The first-order chi connectivity index (χ1) is 15.2. The van der Waals surface area contributed by atoms with Gasteiger partial charge in [-0.3, -0.25) is 4.79 Å². The number of aromatic nitrogens is 4. The molecule has 0 saturated heterocycles. The molecule has 0 radical (unpaired) electrons. The minimum Gasteiger partial charge on any atom is -0.475 e. The lowest BCUT2D eigenvalue weighted by atomic mass is 10.2. The summed E-state index contributed by atoms with van der Waals surface area (Å²) >= 11 is 6.27. The fraction of sp³-hybridized carbons (Fsp3) is 0.143. The van der Waals surface area contributed by atoms with Crippen molar-refractivity contribution in [3.63, 3.8) is 0 Å². The van der Waals surface area contributed by atoms with Crippen molar-refractivity contribution < 1.29 is 19.0 Å². The van der Waals surface area contributed by atoms with Crippen molar-refractivity contribution in [1.82, 2.24) is 25.1 Å². The Morgan fingerprint density at radius 2 is 1.97 bits per heavy atom. The highest BCUT2D eigenvalue weighted by Gasteiger charge is 2.16. The molecule has 10 heteroatoms. The van der Waals surface area contributed by atoms with Gasteiger partial charge in [0.1, 0.15) is 6.61 Å². The van der Waals surface area contributed by atoms with Crippen molar-refractivity contribution in [2.45, 2.75) is 0 Å². The third-order valence-corrected chi connectivity index (χ3v) is 4.96. The second-order valence-corrected chi connectivity index (χ2v) is 7.02. The molecule has 3 heterocycles. The van der Waals surface area contributed by atoms with Crippen LogP contribution in [0.2, 0.25) is 5.02 Å². The maximum atomic E-state index is 12.3. The average molecular weight is 438 g/mol. The number of nitrogens with one attached hydrogen (secondary N) is 1. The maximum absolute atomic E-state index is 12.3. The van der Waals surface area contributed by atoms with Gasteiger partial charge in [0.05, 0.1) is 11.6 Å². The Hall–Kier alpha value is -3.85. The number of nitrogens with zero attached hydrogens (tertiary/aromatic N) is 4. The average Bonchev–Trinajstić information content (AvgIpc) is 3.43. The summed E-state index contributed by atoms with van der Waals surface area (Å²) in [4.78, 5) is 12.3. The number of carbonyl (C=O) groups excluding carboxylic acids is 1. The molecule has 1 amide bonds. The van der Waals surface area contributed by atoms with E-state index < -0.39 is 0 Å². The van der Waals surface area contributed by atoms with E-state index in [1.54, 1.807) is 40.9 Å². The molecule has 0 spiro atoms. The van der Waals surface area contributed by atoms with Crippen LogP contribution in [0.25, 0.3) is 17.0 Å². The van der Waals surface area contributed by atoms with Crippen molar-refractivity contribution in [3.8, 4) is 28.8 Å². The van der Waals surface area contributed by atoms with Gasteiger partial charge < -0.3 is 19.5 Å². The molecule has 156 valence electrons. The summed E-state index contributed by atoms with van der Waals surface area (Å²) in [5, 5.41) is 16.1. The van der Waals surface area contributed by atoms with Crippen molar-refractivity contribution in [1.29, 1.82) is 0 Å². The van der Waals surface area contributed by atoms with Crippen LogP contribution < -0.4 is 19.5 Å². The molecule has 4 aromatic rings. The minimum absolute atomic E-state index is 0.163. The van der Waals surface area contributed by atoms with Crippen molar-refractivity contribution in [2.75, 3.05) is 19.9 Å². The molecular formula is C21H16ClN5O4. The van der Waals surface area contributed by atoms with Crippen LogP contribution in [-0.4, -0.2) is 45.7 Å². The zero-order valence-electron chi connectivity index (χ0n) is 16.1. The van der Waals surface area contributed by atoms with E-state index in [9.17, 15) is 4.79 Å². The van der Waals surface area contributed by atoms with Crippen LogP contribution in [-0.2, 0) is 0 Å². The number of benzene rings is 2. The monoisotopic (exact) mass is 437 g/mol. The van der Waals surface area contributed by atoms with Gasteiger partial charge in [0.2, 0.25) is 12.7 Å². The summed E-state index contributed by atoms with van der Waals surface area (Å²) in [6.45, 7) is 0.696. The lowest BCUT2D eigenvalue weighted by Crippen LogP contribution is -2.28. The van der Waals surface area contributed by atoms with E-state index in [1.165, 1.54) is 0 Å². The fourth-order valence-corrected chi connectivity index (χ4v) is 3.34. The summed E-state index contributed by atoms with van der Waals surface area (Å²) in [7, 11) is 0. The Balaban J connectivity index is 1.23. The highest BCUT2D eigenvalue weighted by Crippen LogP contribution is 2.32. The Morgan fingerprint density at radius 1 is 1.10 bits per heavy atom. The van der Waals surface area contributed by atoms with Crippen LogP contribution in [0.3, 0.4) is 0 Å². The summed E-state index contributed by atoms with van der Waals surface area (Å²) < 4.78 is 17.8. The minimum atomic E-state index is -0.231. The van der Waals surface area contributed by atoms with Crippen LogP contribution >= 0.6 is 11.6 Å². The van der Waals surface area contributed by atoms with Gasteiger partial charge in [-0.1, -0.05) is 23.7 Å². The van der Waals surface area contributed by atoms with E-state index in [0.29, 0.717) is 46.0 Å². The topological polar surface area (TPSA) is 99.9 Å². The predicted molar refractivity (Wildman–Crippen MR) is 112 cm³/mol. The van der Waals surface area contributed by atoms with Gasteiger partial charge >= 0.3 is 0 Å². The highest BCUT2D eigenvalue weighted by molar-refractivity contribution is 6.33. The molecule has 0 unspecified atom stereocenters. The van der Waals surface area contributed by atoms with Gasteiger partial charge in [-0.25, -0.2) is 0 Å². The SMILES string of the molecule is O=C(NCCOc1ccc2nnc(-c3ccccc3Cl)n2n1)c1ccc2c(c1)OCO2. The molecule has 0 saturated carbocycles. The standard InChI is InChI=1S/C21H16ClN5O4/c22-15-4-2-1-3-14(15)20-25-24-18-7-8-19(26-27(18)20)29-10-9-23-21(28)13-5-6-16-17(11-13)31-12-30-16/h1-8,11H,9-10,12H2,(H,23,28). The summed E-state index contributed by atoms with van der Waals surface area (Å²) in [6.07, 6.45) is 0. The van der Waals surface area contributed by atoms with Crippen LogP contribution in [0, 0.1) is 0 Å². The van der Waals surface area contributed by atoms with Crippen LogP contribution in [0.4, 0.5) is 0 Å². The summed E-state index contributed by atoms with van der Waals surface area (Å²) in [6, 6.07) is 15.8. The molecule has 2 aromatic carbocycles. The highest BCUT2D eigenvalue weighted by atomic mass is 35.5. The van der Waals surface area contributed by atoms with Gasteiger partial charge in [0, 0.05) is 17.2 Å². The first kappa shape index (κ1) is 19.1. The quantitative estimate of drug-likeness (QED) is 0.463. The molecule has 0 atom stereocenters. The number of hydrogen-bond donors (Lipinski definition) is 1. The normalized spacial score (nSPS) is 12.2. The molecule has 1 aliphatic heterocycles. The van der Waals surface area contributed by atoms with Crippen LogP contribution in [0.15, 0.2) is 54.6 Å². The molecule has 2 aromatic heterocycles. The zero-order valence-corrected chi connectivity index (χ0v) is 16.9. The van der Waals surface area contributed by atoms with E-state index >= 15 is 0 Å². The van der Waals surface area contributed by atoms with E-state index in [4.69, 9.17) is 25.8 Å². The van der Waals surface area contributed by atoms with Crippen molar-refractivity contribution in [3.05, 3.63) is 65.2 Å². The molecule has 0 fully saturated rings. The van der Waals surface area contributed by atoms with Gasteiger partial charge in [0.25, 0.3) is 5.91 Å². The van der Waals surface area contributed by atoms with Crippen molar-refractivity contribution >= 4 is 23.2 Å². The van der Waals surface area contributed by atoms with E-state index in [2.05, 4.69) is 20.6 Å². The van der Waals surface area contributed by atoms with Gasteiger partial charge in [0.15, 0.2) is 23.0 Å². The smallest absolute Gasteiger partial charge is 0.251 e. The number of carbonyl (C=O) groups is 1. The molecule has 0 bridgehead atoms. The Kier molecular flexibility index (Phi) is 5.01. The van der Waals surface area contributed by atoms with Gasteiger partial charge in [-0.15, -0.1) is 15.3 Å². The van der Waals surface area contributed by atoms with E-state index in [0.717, 1.165) is 5.56 Å². The molecule has 31 heavy (non-hydrogen) atoms. The number of halogens is 1. The Morgan fingerprint density at radius 3 is 2.87 bits per heavy atom. The fourth-order valence-electron chi connectivity index (χ4n) is 3.12. The number of ether oxygens (including phenoxy) is 3. The largest absolute Gasteiger partial charge is 0.475 e. The number of fused-ring (bicyclic) bond motifs is 2. The molecular weight excluding hydrogens is 422 g/mol. The third kappa shape index (κ3) is 3.82. The molecule has 1 N–H and O–H groups in total.